The molecule has 39 heavy (non-hydrogen) atoms. The van der Waals surface area contributed by atoms with Crippen LogP contribution in [0.4, 0.5) is 23.3 Å². The summed E-state index contributed by atoms with van der Waals surface area (Å²) in [5, 5.41) is 13.9. The summed E-state index contributed by atoms with van der Waals surface area (Å²) in [7, 11) is 1.65. The molecule has 2 aromatic heterocycles. The zero-order chi connectivity index (χ0) is 27.5. The fourth-order valence-electron chi connectivity index (χ4n) is 4.91. The van der Waals surface area contributed by atoms with E-state index in [1.165, 1.54) is 5.56 Å². The lowest BCUT2D eigenvalue weighted by Crippen LogP contribution is -2.37. The number of nitrogens with one attached hydrogen (secondary N) is 3. The molecule has 5 rings (SSSR count). The monoisotopic (exact) mass is 545 g/mol. The first-order chi connectivity index (χ1) is 18.8. The van der Waals surface area contributed by atoms with E-state index in [1.54, 1.807) is 13.3 Å². The Labute approximate surface area is 233 Å². The molecule has 2 aromatic carbocycles. The number of likely N-dealkylation sites (tertiary alicyclic amines) is 1. The van der Waals surface area contributed by atoms with Crippen molar-refractivity contribution in [2.45, 2.75) is 46.1 Å². The van der Waals surface area contributed by atoms with Crippen molar-refractivity contribution in [2.75, 3.05) is 24.3 Å². The lowest BCUT2D eigenvalue weighted by Gasteiger charge is -2.33. The Hall–Kier alpha value is -4.11. The number of H-pyrrole nitrogens is 1. The first kappa shape index (κ1) is 26.5. The van der Waals surface area contributed by atoms with Crippen LogP contribution in [0.25, 0.3) is 0 Å². The molecule has 1 fully saturated rings. The topological polar surface area (TPSA) is 108 Å². The van der Waals surface area contributed by atoms with Gasteiger partial charge >= 0.3 is 0 Å². The van der Waals surface area contributed by atoms with Gasteiger partial charge in [0.05, 0.1) is 13.3 Å². The maximum atomic E-state index is 13.1. The van der Waals surface area contributed by atoms with Crippen molar-refractivity contribution < 1.29 is 9.53 Å². The quantitative estimate of drug-likeness (QED) is 0.242. The number of rotatable bonds is 8. The number of nitrogens with zero attached hydrogens (tertiary/aromatic N) is 4. The summed E-state index contributed by atoms with van der Waals surface area (Å²) in [6, 6.07) is 14.0. The molecule has 0 aliphatic carbocycles. The van der Waals surface area contributed by atoms with Crippen LogP contribution in [0.5, 0.6) is 5.75 Å². The molecule has 0 bridgehead atoms. The average molecular weight is 546 g/mol. The van der Waals surface area contributed by atoms with Crippen LogP contribution >= 0.6 is 11.6 Å². The summed E-state index contributed by atoms with van der Waals surface area (Å²) in [6.07, 6.45) is 2.99. The third-order valence-corrected chi connectivity index (χ3v) is 7.33. The zero-order valence-corrected chi connectivity index (χ0v) is 23.3. The second-order valence-corrected chi connectivity index (χ2v) is 10.4. The van der Waals surface area contributed by atoms with Gasteiger partial charge in [0.25, 0.3) is 0 Å². The Bertz CT molecular complexity index is 1490. The number of ether oxygens (including phenoxy) is 1. The van der Waals surface area contributed by atoms with E-state index in [1.807, 2.05) is 49.1 Å². The molecule has 1 aliphatic heterocycles. The van der Waals surface area contributed by atoms with E-state index in [0.717, 1.165) is 46.8 Å². The van der Waals surface area contributed by atoms with Crippen LogP contribution in [0.1, 0.15) is 46.7 Å². The van der Waals surface area contributed by atoms with Crippen molar-refractivity contribution in [3.8, 4) is 5.75 Å². The van der Waals surface area contributed by atoms with Gasteiger partial charge in [-0.05, 0) is 73.6 Å². The molecule has 1 atom stereocenters. The predicted molar refractivity (Wildman–Crippen MR) is 153 cm³/mol. The maximum absolute atomic E-state index is 13.1. The summed E-state index contributed by atoms with van der Waals surface area (Å²) < 4.78 is 5.23. The third kappa shape index (κ3) is 6.15. The highest BCUT2D eigenvalue weighted by Gasteiger charge is 2.28. The van der Waals surface area contributed by atoms with Crippen molar-refractivity contribution in [3.63, 3.8) is 0 Å². The van der Waals surface area contributed by atoms with Crippen molar-refractivity contribution in [3.05, 3.63) is 81.6 Å². The van der Waals surface area contributed by atoms with E-state index in [-0.39, 0.29) is 11.8 Å². The van der Waals surface area contributed by atoms with E-state index in [2.05, 4.69) is 49.9 Å². The molecule has 1 amide bonds. The predicted octanol–water partition coefficient (Wildman–Crippen LogP) is 6.18. The number of halogens is 1. The van der Waals surface area contributed by atoms with Gasteiger partial charge in [-0.3, -0.25) is 9.89 Å². The molecule has 1 unspecified atom stereocenters. The summed E-state index contributed by atoms with van der Waals surface area (Å²) in [5.74, 6) is 2.70. The summed E-state index contributed by atoms with van der Waals surface area (Å²) in [6.45, 7) is 7.41. The first-order valence-electron chi connectivity index (χ1n) is 12.9. The van der Waals surface area contributed by atoms with Crippen molar-refractivity contribution in [2.24, 2.45) is 0 Å². The third-order valence-electron chi connectivity index (χ3n) is 7.05. The van der Waals surface area contributed by atoms with Gasteiger partial charge < -0.3 is 20.3 Å². The van der Waals surface area contributed by atoms with Gasteiger partial charge in [0.15, 0.2) is 11.6 Å². The highest BCUT2D eigenvalue weighted by molar-refractivity contribution is 6.32. The number of aromatic nitrogens is 4. The zero-order valence-electron chi connectivity index (χ0n) is 22.5. The molecule has 10 heteroatoms. The molecule has 1 aliphatic rings. The Morgan fingerprint density at radius 2 is 1.90 bits per heavy atom. The maximum Gasteiger partial charge on any atom is 0.229 e. The number of amides is 1. The lowest BCUT2D eigenvalue weighted by atomic mass is 9.85. The highest BCUT2D eigenvalue weighted by atomic mass is 35.5. The van der Waals surface area contributed by atoms with Gasteiger partial charge in [-0.2, -0.15) is 10.1 Å². The summed E-state index contributed by atoms with van der Waals surface area (Å²) in [4.78, 5) is 23.9. The minimum Gasteiger partial charge on any atom is -0.497 e. The molecule has 1 saturated heterocycles. The average Bonchev–Trinajstić information content (AvgIpc) is 3.34. The number of carbonyl (C=O) groups is 1. The number of methoxy groups -OCH3 is 1. The number of carbonyl (C=O) groups excluding carboxylic acids is 1. The molecule has 9 nitrogen and oxygen atoms in total. The van der Waals surface area contributed by atoms with E-state index in [9.17, 15) is 4.79 Å². The van der Waals surface area contributed by atoms with Crippen molar-refractivity contribution >= 4 is 40.8 Å². The van der Waals surface area contributed by atoms with Gasteiger partial charge in [0.1, 0.15) is 10.8 Å². The van der Waals surface area contributed by atoms with Gasteiger partial charge in [0.2, 0.25) is 11.9 Å². The highest BCUT2D eigenvalue weighted by Crippen LogP contribution is 2.35. The number of hydrogen-bond acceptors (Lipinski definition) is 7. The second kappa shape index (κ2) is 11.3. The number of anilines is 4. The van der Waals surface area contributed by atoms with Crippen LogP contribution in [0.2, 0.25) is 5.02 Å². The number of aryl methyl sites for hydroxylation is 3. The van der Waals surface area contributed by atoms with E-state index < -0.39 is 0 Å². The van der Waals surface area contributed by atoms with Crippen LogP contribution in [0.15, 0.2) is 48.7 Å². The molecule has 4 aromatic rings. The van der Waals surface area contributed by atoms with Crippen LogP contribution in [-0.2, 0) is 11.3 Å². The molecular weight excluding hydrogens is 514 g/mol. The van der Waals surface area contributed by atoms with E-state index >= 15 is 0 Å². The van der Waals surface area contributed by atoms with E-state index in [4.69, 9.17) is 16.3 Å². The van der Waals surface area contributed by atoms with Gasteiger partial charge in [-0.15, -0.1) is 0 Å². The fraction of sp³-hybridized carbons (Fsp3) is 0.310. The lowest BCUT2D eigenvalue weighted by molar-refractivity contribution is -0.134. The van der Waals surface area contributed by atoms with Crippen LogP contribution < -0.4 is 15.4 Å². The van der Waals surface area contributed by atoms with Crippen LogP contribution in [0.3, 0.4) is 0 Å². The Kier molecular flexibility index (Phi) is 7.70. The van der Waals surface area contributed by atoms with Crippen LogP contribution in [0, 0.1) is 20.8 Å². The van der Waals surface area contributed by atoms with Gasteiger partial charge in [0, 0.05) is 37.0 Å². The molecular formula is C29H32ClN7O2. The number of hydrogen-bond donors (Lipinski definition) is 3. The van der Waals surface area contributed by atoms with Crippen LogP contribution in [-0.4, -0.2) is 44.6 Å². The number of piperidine rings is 1. The largest absolute Gasteiger partial charge is 0.497 e. The molecule has 0 saturated carbocycles. The molecule has 3 heterocycles. The smallest absolute Gasteiger partial charge is 0.229 e. The SMILES string of the molecule is COc1ccc(CN2CCC(c3cc(C)c(Nc4ncc(Cl)c(Nc5cc(C)[nH]n5)n4)cc3C)CC2=O)cc1. The standard InChI is InChI=1S/C29H32ClN7O2/c1-17-12-25(32-29-31-15-24(30)28(34-29)33-26-13-19(3)35-36-26)18(2)11-23(17)21-9-10-37(27(38)14-21)16-20-5-7-22(39-4)8-6-20/h5-8,11-13,15,21H,9-10,14,16H2,1-4H3,(H3,31,32,33,34,35,36). The van der Waals surface area contributed by atoms with Gasteiger partial charge in [-0.1, -0.05) is 29.8 Å². The summed E-state index contributed by atoms with van der Waals surface area (Å²) >= 11 is 6.31. The Morgan fingerprint density at radius 3 is 2.59 bits per heavy atom. The Balaban J connectivity index is 1.26. The fourth-order valence-corrected chi connectivity index (χ4v) is 5.05. The molecule has 202 valence electrons. The van der Waals surface area contributed by atoms with Crippen molar-refractivity contribution in [1.82, 2.24) is 25.1 Å². The first-order valence-corrected chi connectivity index (χ1v) is 13.3. The normalized spacial score (nSPS) is 15.4. The number of aromatic amines is 1. The van der Waals surface area contributed by atoms with Gasteiger partial charge in [-0.25, -0.2) is 4.98 Å². The Morgan fingerprint density at radius 1 is 1.10 bits per heavy atom. The summed E-state index contributed by atoms with van der Waals surface area (Å²) in [5.41, 5.74) is 6.33. The number of benzene rings is 2. The minimum absolute atomic E-state index is 0.183. The minimum atomic E-state index is 0.183. The molecule has 3 N–H and O–H groups in total. The molecule has 0 radical (unpaired) electrons. The second-order valence-electron chi connectivity index (χ2n) is 9.95. The molecule has 0 spiro atoms. The van der Waals surface area contributed by atoms with Crippen molar-refractivity contribution in [1.29, 1.82) is 0 Å². The van der Waals surface area contributed by atoms with E-state index in [0.29, 0.717) is 35.6 Å².